The third-order valence-corrected chi connectivity index (χ3v) is 7.01. The number of benzene rings is 3. The first-order chi connectivity index (χ1) is 17.0. The first-order valence-corrected chi connectivity index (χ1v) is 12.6. The largest absolute Gasteiger partial charge is 0.374 e. The summed E-state index contributed by atoms with van der Waals surface area (Å²) >= 11 is 0. The van der Waals surface area contributed by atoms with E-state index in [4.69, 9.17) is 4.74 Å². The molecule has 0 N–H and O–H groups in total. The summed E-state index contributed by atoms with van der Waals surface area (Å²) in [6, 6.07) is 15.6. The number of hydrogen-bond donors (Lipinski definition) is 0. The second-order valence-electron chi connectivity index (χ2n) is 9.41. The molecular weight excluding hydrogens is 445 g/mol. The SMILES string of the molecule is C=CC1CCC(c2ccc(-c3ccc(-c4ccc(CCCCCC)c(F)c4F)cc3)c(F)c2)CO1. The third-order valence-electron chi connectivity index (χ3n) is 7.01. The van der Waals surface area contributed by atoms with Gasteiger partial charge in [-0.25, -0.2) is 13.2 Å². The summed E-state index contributed by atoms with van der Waals surface area (Å²) in [5.41, 5.74) is 3.31. The molecule has 1 aliphatic heterocycles. The van der Waals surface area contributed by atoms with E-state index in [1.807, 2.05) is 12.1 Å². The van der Waals surface area contributed by atoms with Crippen LogP contribution in [0.3, 0.4) is 0 Å². The maximum Gasteiger partial charge on any atom is 0.166 e. The van der Waals surface area contributed by atoms with E-state index in [0.29, 0.717) is 35.3 Å². The van der Waals surface area contributed by atoms with Crippen molar-refractivity contribution in [2.45, 2.75) is 63.9 Å². The molecule has 0 aliphatic carbocycles. The lowest BCUT2D eigenvalue weighted by Gasteiger charge is -2.27. The summed E-state index contributed by atoms with van der Waals surface area (Å²) in [6.07, 6.45) is 8.32. The molecule has 3 aromatic rings. The van der Waals surface area contributed by atoms with Gasteiger partial charge in [-0.15, -0.1) is 6.58 Å². The van der Waals surface area contributed by atoms with Crippen LogP contribution in [-0.4, -0.2) is 12.7 Å². The molecule has 0 amide bonds. The van der Waals surface area contributed by atoms with Gasteiger partial charge in [0.1, 0.15) is 5.82 Å². The first-order valence-electron chi connectivity index (χ1n) is 12.6. The normalized spacial score (nSPS) is 17.9. The molecule has 1 fully saturated rings. The van der Waals surface area contributed by atoms with Gasteiger partial charge in [0.2, 0.25) is 0 Å². The summed E-state index contributed by atoms with van der Waals surface area (Å²) in [5, 5.41) is 0. The lowest BCUT2D eigenvalue weighted by Crippen LogP contribution is -2.23. The Morgan fingerprint density at radius 2 is 1.57 bits per heavy atom. The van der Waals surface area contributed by atoms with Crippen LogP contribution >= 0.6 is 0 Å². The number of unbranched alkanes of at least 4 members (excludes halogenated alkanes) is 3. The van der Waals surface area contributed by atoms with Gasteiger partial charge in [-0.05, 0) is 54.0 Å². The molecule has 0 saturated carbocycles. The van der Waals surface area contributed by atoms with Crippen LogP contribution in [0.25, 0.3) is 22.3 Å². The molecule has 1 aliphatic rings. The van der Waals surface area contributed by atoms with E-state index < -0.39 is 11.6 Å². The lowest BCUT2D eigenvalue weighted by molar-refractivity contribution is 0.0328. The molecule has 0 aromatic heterocycles. The highest BCUT2D eigenvalue weighted by Crippen LogP contribution is 2.33. The number of ether oxygens (including phenoxy) is 1. The average Bonchev–Trinajstić information content (AvgIpc) is 2.89. The molecule has 2 atom stereocenters. The number of rotatable bonds is 9. The fourth-order valence-electron chi connectivity index (χ4n) is 4.82. The maximum atomic E-state index is 15.0. The minimum atomic E-state index is -0.824. The monoisotopic (exact) mass is 478 g/mol. The minimum Gasteiger partial charge on any atom is -0.374 e. The second-order valence-corrected chi connectivity index (χ2v) is 9.41. The van der Waals surface area contributed by atoms with E-state index in [-0.39, 0.29) is 23.4 Å². The van der Waals surface area contributed by atoms with Gasteiger partial charge >= 0.3 is 0 Å². The van der Waals surface area contributed by atoms with Gasteiger partial charge in [-0.2, -0.15) is 0 Å². The van der Waals surface area contributed by atoms with Gasteiger partial charge in [0.15, 0.2) is 11.6 Å². The van der Waals surface area contributed by atoms with Crippen LogP contribution in [0.5, 0.6) is 0 Å². The molecule has 35 heavy (non-hydrogen) atoms. The number of hydrogen-bond acceptors (Lipinski definition) is 1. The Hall–Kier alpha value is -2.85. The topological polar surface area (TPSA) is 9.23 Å². The van der Waals surface area contributed by atoms with Crippen molar-refractivity contribution in [2.24, 2.45) is 0 Å². The molecule has 4 heteroatoms. The molecule has 3 aromatic carbocycles. The quantitative estimate of drug-likeness (QED) is 0.220. The van der Waals surface area contributed by atoms with Crippen molar-refractivity contribution in [3.8, 4) is 22.3 Å². The van der Waals surface area contributed by atoms with E-state index in [2.05, 4.69) is 13.5 Å². The summed E-state index contributed by atoms with van der Waals surface area (Å²) in [5.74, 6) is -1.72. The zero-order valence-electron chi connectivity index (χ0n) is 20.3. The standard InChI is InChI=1S/C31H33F3O/c1-3-5-6-7-8-23-14-18-28(31(34)30(23)33)22-11-9-21(10-12-22)27-17-15-24(19-29(27)32)25-13-16-26(4-2)35-20-25/h4,9-12,14-15,17-19,25-26H,2-3,5-8,13,16,20H2,1H3. The van der Waals surface area contributed by atoms with E-state index in [1.54, 1.807) is 48.5 Å². The highest BCUT2D eigenvalue weighted by atomic mass is 19.2. The smallest absolute Gasteiger partial charge is 0.166 e. The van der Waals surface area contributed by atoms with Gasteiger partial charge in [0.05, 0.1) is 12.7 Å². The molecule has 0 bridgehead atoms. The van der Waals surface area contributed by atoms with E-state index in [0.717, 1.165) is 44.1 Å². The highest BCUT2D eigenvalue weighted by Gasteiger charge is 2.22. The van der Waals surface area contributed by atoms with Crippen molar-refractivity contribution < 1.29 is 17.9 Å². The van der Waals surface area contributed by atoms with Gasteiger partial charge in [0.25, 0.3) is 0 Å². The third kappa shape index (κ3) is 5.87. The van der Waals surface area contributed by atoms with Gasteiger partial charge < -0.3 is 4.74 Å². The van der Waals surface area contributed by atoms with Crippen LogP contribution < -0.4 is 0 Å². The predicted molar refractivity (Wildman–Crippen MR) is 137 cm³/mol. The minimum absolute atomic E-state index is 0.0780. The van der Waals surface area contributed by atoms with Crippen LogP contribution in [0.1, 0.15) is 62.5 Å². The molecule has 1 nitrogen and oxygen atoms in total. The van der Waals surface area contributed by atoms with Crippen molar-refractivity contribution in [3.63, 3.8) is 0 Å². The Morgan fingerprint density at radius 1 is 0.857 bits per heavy atom. The van der Waals surface area contributed by atoms with E-state index in [9.17, 15) is 8.78 Å². The van der Waals surface area contributed by atoms with Gasteiger partial charge in [0, 0.05) is 17.0 Å². The van der Waals surface area contributed by atoms with Crippen LogP contribution in [0.4, 0.5) is 13.2 Å². The summed E-state index contributed by atoms with van der Waals surface area (Å²) in [4.78, 5) is 0. The molecule has 1 saturated heterocycles. The molecule has 1 heterocycles. The van der Waals surface area contributed by atoms with Crippen LogP contribution in [0.2, 0.25) is 0 Å². The fourth-order valence-corrected chi connectivity index (χ4v) is 4.82. The molecule has 2 unspecified atom stereocenters. The average molecular weight is 479 g/mol. The van der Waals surface area contributed by atoms with Crippen LogP contribution in [-0.2, 0) is 11.2 Å². The molecule has 184 valence electrons. The van der Waals surface area contributed by atoms with Crippen molar-refractivity contribution >= 4 is 0 Å². The van der Waals surface area contributed by atoms with E-state index >= 15 is 4.39 Å². The molecule has 0 spiro atoms. The molecule has 0 radical (unpaired) electrons. The lowest BCUT2D eigenvalue weighted by atomic mass is 9.90. The van der Waals surface area contributed by atoms with Gasteiger partial charge in [-0.3, -0.25) is 0 Å². The Bertz CT molecular complexity index is 1140. The Balaban J connectivity index is 1.48. The van der Waals surface area contributed by atoms with Gasteiger partial charge in [-0.1, -0.05) is 80.8 Å². The van der Waals surface area contributed by atoms with Crippen molar-refractivity contribution in [2.75, 3.05) is 6.61 Å². The zero-order valence-corrected chi connectivity index (χ0v) is 20.3. The predicted octanol–water partition coefficient (Wildman–Crippen LogP) is 9.01. The second kappa shape index (κ2) is 11.7. The summed E-state index contributed by atoms with van der Waals surface area (Å²) < 4.78 is 50.2. The van der Waals surface area contributed by atoms with Crippen molar-refractivity contribution in [1.29, 1.82) is 0 Å². The van der Waals surface area contributed by atoms with Crippen LogP contribution in [0, 0.1) is 17.5 Å². The van der Waals surface area contributed by atoms with Crippen LogP contribution in [0.15, 0.2) is 67.3 Å². The number of aryl methyl sites for hydroxylation is 1. The fraction of sp³-hybridized carbons (Fsp3) is 0.355. The Kier molecular flexibility index (Phi) is 8.46. The summed E-state index contributed by atoms with van der Waals surface area (Å²) in [7, 11) is 0. The van der Waals surface area contributed by atoms with Crippen molar-refractivity contribution in [1.82, 2.24) is 0 Å². The number of halogens is 3. The van der Waals surface area contributed by atoms with Crippen molar-refractivity contribution in [3.05, 3.63) is 95.8 Å². The summed E-state index contributed by atoms with van der Waals surface area (Å²) in [6.45, 7) is 6.45. The highest BCUT2D eigenvalue weighted by molar-refractivity contribution is 5.71. The Labute approximate surface area is 206 Å². The molecular formula is C31H33F3O. The maximum absolute atomic E-state index is 15.0. The first kappa shape index (κ1) is 25.2. The van der Waals surface area contributed by atoms with E-state index in [1.165, 1.54) is 0 Å². The zero-order chi connectivity index (χ0) is 24.8. The molecule has 4 rings (SSSR count). The Morgan fingerprint density at radius 3 is 2.20 bits per heavy atom.